The van der Waals surface area contributed by atoms with Gasteiger partial charge in [-0.1, -0.05) is 23.7 Å². The number of halogens is 1. The van der Waals surface area contributed by atoms with Crippen LogP contribution < -0.4 is 16.3 Å². The first-order valence-corrected chi connectivity index (χ1v) is 4.37. The lowest BCUT2D eigenvalue weighted by Gasteiger charge is -1.92. The minimum atomic E-state index is 0.184. The maximum Gasteiger partial charge on any atom is 0.221 e. The van der Waals surface area contributed by atoms with Gasteiger partial charge >= 0.3 is 0 Å². The van der Waals surface area contributed by atoms with Gasteiger partial charge < -0.3 is 5.73 Å². The molecule has 68 valence electrons. The topological polar surface area (TPSA) is 52.0 Å². The molecule has 4 N–H and O–H groups in total. The van der Waals surface area contributed by atoms with E-state index in [0.29, 0.717) is 5.02 Å². The first-order valence-electron chi connectivity index (χ1n) is 3.59. The first-order chi connectivity index (χ1) is 6.20. The highest BCUT2D eigenvalue weighted by molar-refractivity contribution is 7.80. The van der Waals surface area contributed by atoms with E-state index in [9.17, 15) is 0 Å². The summed E-state index contributed by atoms with van der Waals surface area (Å²) in [6, 6.07) is 7.42. The highest BCUT2D eigenvalue weighted by Gasteiger charge is 1.97. The molecule has 0 saturated carbocycles. The Balaban J connectivity index is 2.68. The van der Waals surface area contributed by atoms with E-state index < -0.39 is 0 Å². The van der Waals surface area contributed by atoms with Crippen LogP contribution in [0, 0.1) is 0 Å². The molecule has 5 heteroatoms. The lowest BCUT2D eigenvalue weighted by atomic mass is 10.2. The van der Waals surface area contributed by atoms with Crippen LogP contribution in [0.25, 0.3) is 0 Å². The van der Waals surface area contributed by atoms with Gasteiger partial charge in [-0.05, 0) is 24.4 Å². The van der Waals surface area contributed by atoms with Gasteiger partial charge in [0.2, 0.25) is 5.11 Å². The normalized spacial score (nSPS) is 10.2. The van der Waals surface area contributed by atoms with Gasteiger partial charge in [-0.15, -0.1) is 10.5 Å². The van der Waals surface area contributed by atoms with E-state index in [1.165, 1.54) is 0 Å². The minimum Gasteiger partial charge on any atom is -0.372 e. The van der Waals surface area contributed by atoms with Crippen molar-refractivity contribution in [3.05, 3.63) is 34.9 Å². The van der Waals surface area contributed by atoms with Crippen molar-refractivity contribution in [3.8, 4) is 0 Å². The van der Waals surface area contributed by atoms with Crippen LogP contribution >= 0.6 is 23.8 Å². The van der Waals surface area contributed by atoms with Gasteiger partial charge in [0.15, 0.2) is 6.21 Å². The van der Waals surface area contributed by atoms with Gasteiger partial charge in [-0.3, -0.25) is 0 Å². The van der Waals surface area contributed by atoms with Gasteiger partial charge in [0, 0.05) is 0 Å². The Kier molecular flexibility index (Phi) is 3.67. The number of nitrogens with two attached hydrogens (primary N) is 1. The molecule has 0 radical (unpaired) electrons. The monoisotopic (exact) mass is 214 g/mol. The molecular formula is C8H9ClN3S+. The van der Waals surface area contributed by atoms with Gasteiger partial charge in [-0.25, -0.2) is 0 Å². The lowest BCUT2D eigenvalue weighted by Crippen LogP contribution is -2.82. The number of benzene rings is 1. The summed E-state index contributed by atoms with van der Waals surface area (Å²) in [6.07, 6.45) is 1.68. The van der Waals surface area contributed by atoms with E-state index >= 15 is 0 Å². The third-order valence-electron chi connectivity index (χ3n) is 1.33. The average Bonchev–Trinajstić information content (AvgIpc) is 2.08. The molecule has 13 heavy (non-hydrogen) atoms. The summed E-state index contributed by atoms with van der Waals surface area (Å²) >= 11 is 10.5. The molecule has 0 bridgehead atoms. The molecule has 0 heterocycles. The molecule has 0 atom stereocenters. The molecule has 0 aromatic heterocycles. The summed E-state index contributed by atoms with van der Waals surface area (Å²) < 4.78 is 0. The SMILES string of the molecule is NC(=S)N[NH+]=Cc1ccccc1Cl. The van der Waals surface area contributed by atoms with Crippen molar-refractivity contribution in [2.45, 2.75) is 0 Å². The zero-order valence-corrected chi connectivity index (χ0v) is 8.32. The summed E-state index contributed by atoms with van der Waals surface area (Å²) in [4.78, 5) is 0. The van der Waals surface area contributed by atoms with E-state index in [-0.39, 0.29) is 5.11 Å². The van der Waals surface area contributed by atoms with Crippen LogP contribution in [0.3, 0.4) is 0 Å². The fraction of sp³-hybridized carbons (Fsp3) is 0. The van der Waals surface area contributed by atoms with Gasteiger partial charge in [0.05, 0.1) is 10.6 Å². The molecular weight excluding hydrogens is 206 g/mol. The van der Waals surface area contributed by atoms with Crippen LogP contribution in [0.4, 0.5) is 0 Å². The van der Waals surface area contributed by atoms with Crippen LogP contribution in [-0.4, -0.2) is 11.3 Å². The predicted octanol–water partition coefficient (Wildman–Crippen LogP) is -0.412. The Morgan fingerprint density at radius 3 is 2.85 bits per heavy atom. The zero-order chi connectivity index (χ0) is 9.68. The zero-order valence-electron chi connectivity index (χ0n) is 6.75. The van der Waals surface area contributed by atoms with Crippen LogP contribution in [-0.2, 0) is 0 Å². The number of hydrogen-bond acceptors (Lipinski definition) is 1. The largest absolute Gasteiger partial charge is 0.372 e. The van der Waals surface area contributed by atoms with Crippen LogP contribution in [0.2, 0.25) is 5.02 Å². The highest BCUT2D eigenvalue weighted by Crippen LogP contribution is 2.10. The number of hydrogen-bond donors (Lipinski definition) is 3. The molecule has 0 spiro atoms. The second kappa shape index (κ2) is 4.79. The van der Waals surface area contributed by atoms with Gasteiger partial charge in [0.1, 0.15) is 0 Å². The third-order valence-corrected chi connectivity index (χ3v) is 1.77. The fourth-order valence-corrected chi connectivity index (χ4v) is 1.03. The second-order valence-electron chi connectivity index (χ2n) is 2.30. The van der Waals surface area contributed by atoms with Crippen molar-refractivity contribution in [1.82, 2.24) is 5.43 Å². The number of nitrogens with one attached hydrogen (secondary N) is 2. The lowest BCUT2D eigenvalue weighted by molar-refractivity contribution is -0.499. The number of hydrazone groups is 1. The summed E-state index contributed by atoms with van der Waals surface area (Å²) in [6.45, 7) is 0. The van der Waals surface area contributed by atoms with E-state index in [1.54, 1.807) is 12.3 Å². The molecule has 0 fully saturated rings. The Morgan fingerprint density at radius 2 is 2.23 bits per heavy atom. The highest BCUT2D eigenvalue weighted by atomic mass is 35.5. The molecule has 3 nitrogen and oxygen atoms in total. The predicted molar refractivity (Wildman–Crippen MR) is 57.5 cm³/mol. The fourth-order valence-electron chi connectivity index (χ4n) is 0.777. The van der Waals surface area contributed by atoms with E-state index in [0.717, 1.165) is 5.56 Å². The van der Waals surface area contributed by atoms with Gasteiger partial charge in [-0.2, -0.15) is 0 Å². The van der Waals surface area contributed by atoms with Crippen LogP contribution in [0.5, 0.6) is 0 Å². The average molecular weight is 215 g/mol. The summed E-state index contributed by atoms with van der Waals surface area (Å²) in [7, 11) is 0. The van der Waals surface area contributed by atoms with Crippen LogP contribution in [0.1, 0.15) is 5.56 Å². The van der Waals surface area contributed by atoms with E-state index in [4.69, 9.17) is 17.3 Å². The Hall–Kier alpha value is -1.13. The van der Waals surface area contributed by atoms with Crippen molar-refractivity contribution in [3.63, 3.8) is 0 Å². The molecule has 1 aromatic rings. The molecule has 0 aliphatic rings. The number of hydrazine groups is 1. The van der Waals surface area contributed by atoms with Crippen molar-refractivity contribution in [2.24, 2.45) is 5.73 Å². The van der Waals surface area contributed by atoms with Gasteiger partial charge in [0.25, 0.3) is 0 Å². The quantitative estimate of drug-likeness (QED) is 0.357. The second-order valence-corrected chi connectivity index (χ2v) is 3.15. The first kappa shape index (κ1) is 9.95. The molecule has 0 saturated heterocycles. The van der Waals surface area contributed by atoms with Crippen LogP contribution in [0.15, 0.2) is 24.3 Å². The molecule has 0 aliphatic carbocycles. The standard InChI is InChI=1S/C8H8ClN3S/c9-7-4-2-1-3-6(7)5-11-12-8(10)13/h1-5H,(H3,10,12,13)/p+1. The molecule has 0 aliphatic heterocycles. The smallest absolute Gasteiger partial charge is 0.221 e. The Bertz CT molecular complexity index is 338. The van der Waals surface area contributed by atoms with E-state index in [2.05, 4.69) is 22.7 Å². The minimum absolute atomic E-state index is 0.184. The maximum atomic E-state index is 5.88. The Morgan fingerprint density at radius 1 is 1.54 bits per heavy atom. The van der Waals surface area contributed by atoms with Crippen molar-refractivity contribution in [1.29, 1.82) is 0 Å². The molecule has 0 unspecified atom stereocenters. The summed E-state index contributed by atoms with van der Waals surface area (Å²) in [5, 5.41) is 3.57. The van der Waals surface area contributed by atoms with E-state index in [1.807, 2.05) is 18.2 Å². The van der Waals surface area contributed by atoms with Crippen molar-refractivity contribution >= 4 is 35.1 Å². The van der Waals surface area contributed by atoms with Crippen molar-refractivity contribution in [2.75, 3.05) is 0 Å². The number of rotatable bonds is 2. The Labute approximate surface area is 86.6 Å². The van der Waals surface area contributed by atoms with Crippen molar-refractivity contribution < 1.29 is 5.10 Å². The molecule has 1 rings (SSSR count). The summed E-state index contributed by atoms with van der Waals surface area (Å²) in [5.74, 6) is 0. The third kappa shape index (κ3) is 3.40. The molecule has 1 aromatic carbocycles. The molecule has 0 amide bonds. The maximum absolute atomic E-state index is 5.88. The number of thiocarbonyl (C=S) groups is 1. The summed E-state index contributed by atoms with van der Waals surface area (Å²) in [5.41, 5.74) is 8.63.